The van der Waals surface area contributed by atoms with Crippen molar-refractivity contribution < 1.29 is 13.2 Å². The van der Waals surface area contributed by atoms with Gasteiger partial charge in [0, 0.05) is 13.1 Å². The Bertz CT molecular complexity index is 681. The van der Waals surface area contributed by atoms with Crippen LogP contribution in [0.1, 0.15) is 65.7 Å². The Labute approximate surface area is 158 Å². The molecule has 0 aromatic carbocycles. The van der Waals surface area contributed by atoms with Crippen molar-refractivity contribution >= 4 is 15.5 Å². The smallest absolute Gasteiger partial charge is 0.200 e. The van der Waals surface area contributed by atoms with Crippen molar-refractivity contribution in [3.05, 3.63) is 18.3 Å². The van der Waals surface area contributed by atoms with Gasteiger partial charge in [-0.3, -0.25) is 0 Å². The number of anilines is 1. The van der Waals surface area contributed by atoms with Gasteiger partial charge in [0.15, 0.2) is 14.9 Å². The van der Waals surface area contributed by atoms with Gasteiger partial charge in [0.05, 0.1) is 28.8 Å². The van der Waals surface area contributed by atoms with E-state index in [1.54, 1.807) is 33.0 Å². The van der Waals surface area contributed by atoms with E-state index >= 15 is 0 Å². The van der Waals surface area contributed by atoms with Crippen molar-refractivity contribution in [3.63, 3.8) is 0 Å². The van der Waals surface area contributed by atoms with Gasteiger partial charge in [0.25, 0.3) is 0 Å². The molecule has 0 spiro atoms. The standard InChI is InChI=1S/C20H32N2O3S/c1-20(2,3)26(23,24)19-10-9-16(15-21-19)22-13-11-18(12-14-22)25-17-7-5-4-6-8-17/h9-10,15,17-18H,4-8,11-14H2,1-3H3. The molecule has 26 heavy (non-hydrogen) atoms. The summed E-state index contributed by atoms with van der Waals surface area (Å²) in [4.78, 5) is 6.52. The molecule has 146 valence electrons. The predicted octanol–water partition coefficient (Wildman–Crippen LogP) is 3.97. The van der Waals surface area contributed by atoms with E-state index in [1.165, 1.54) is 32.1 Å². The molecule has 0 unspecified atom stereocenters. The van der Waals surface area contributed by atoms with Gasteiger partial charge in [-0.1, -0.05) is 19.3 Å². The Balaban J connectivity index is 1.56. The van der Waals surface area contributed by atoms with Crippen LogP contribution in [0.15, 0.2) is 23.4 Å². The molecule has 0 radical (unpaired) electrons. The van der Waals surface area contributed by atoms with Gasteiger partial charge in [-0.25, -0.2) is 13.4 Å². The van der Waals surface area contributed by atoms with Crippen molar-refractivity contribution in [2.24, 2.45) is 0 Å². The van der Waals surface area contributed by atoms with Crippen LogP contribution >= 0.6 is 0 Å². The van der Waals surface area contributed by atoms with Crippen molar-refractivity contribution in [1.82, 2.24) is 4.98 Å². The second-order valence-electron chi connectivity index (χ2n) is 8.55. The van der Waals surface area contributed by atoms with Crippen LogP contribution in [0.2, 0.25) is 0 Å². The number of hydrogen-bond acceptors (Lipinski definition) is 5. The summed E-state index contributed by atoms with van der Waals surface area (Å²) in [7, 11) is -3.40. The number of sulfone groups is 1. The molecular formula is C20H32N2O3S. The fourth-order valence-electron chi connectivity index (χ4n) is 3.76. The van der Waals surface area contributed by atoms with Crippen LogP contribution < -0.4 is 4.90 Å². The highest BCUT2D eigenvalue weighted by Crippen LogP contribution is 2.28. The van der Waals surface area contributed by atoms with Crippen LogP contribution in [-0.2, 0) is 14.6 Å². The summed E-state index contributed by atoms with van der Waals surface area (Å²) in [6, 6.07) is 3.52. The summed E-state index contributed by atoms with van der Waals surface area (Å²) in [5.41, 5.74) is 0.994. The third-order valence-electron chi connectivity index (χ3n) is 5.55. The third-order valence-corrected chi connectivity index (χ3v) is 7.95. The number of hydrogen-bond donors (Lipinski definition) is 0. The zero-order valence-corrected chi connectivity index (χ0v) is 17.1. The monoisotopic (exact) mass is 380 g/mol. The minimum Gasteiger partial charge on any atom is -0.375 e. The van der Waals surface area contributed by atoms with Gasteiger partial charge in [-0.15, -0.1) is 0 Å². The lowest BCUT2D eigenvalue weighted by Gasteiger charge is -2.36. The van der Waals surface area contributed by atoms with Crippen LogP contribution in [0.5, 0.6) is 0 Å². The van der Waals surface area contributed by atoms with E-state index in [0.717, 1.165) is 31.6 Å². The van der Waals surface area contributed by atoms with E-state index in [9.17, 15) is 8.42 Å². The molecule has 5 nitrogen and oxygen atoms in total. The fraction of sp³-hybridized carbons (Fsp3) is 0.750. The maximum atomic E-state index is 12.5. The van der Waals surface area contributed by atoms with E-state index in [-0.39, 0.29) is 5.03 Å². The Morgan fingerprint density at radius 3 is 2.15 bits per heavy atom. The van der Waals surface area contributed by atoms with Crippen LogP contribution in [0.25, 0.3) is 0 Å². The first-order chi connectivity index (χ1) is 12.3. The van der Waals surface area contributed by atoms with Gasteiger partial charge in [-0.05, 0) is 58.6 Å². The first-order valence-corrected chi connectivity index (χ1v) is 11.4. The average Bonchev–Trinajstić information content (AvgIpc) is 2.62. The molecule has 6 heteroatoms. The fourth-order valence-corrected chi connectivity index (χ4v) is 4.82. The van der Waals surface area contributed by atoms with Gasteiger partial charge in [0.1, 0.15) is 0 Å². The quantitative estimate of drug-likeness (QED) is 0.791. The lowest BCUT2D eigenvalue weighted by atomic mass is 9.97. The SMILES string of the molecule is CC(C)(C)S(=O)(=O)c1ccc(N2CCC(OC3CCCCC3)CC2)cn1. The highest BCUT2D eigenvalue weighted by atomic mass is 32.2. The average molecular weight is 381 g/mol. The van der Waals surface area contributed by atoms with Gasteiger partial charge in [-0.2, -0.15) is 0 Å². The second kappa shape index (κ2) is 7.85. The zero-order chi connectivity index (χ0) is 18.8. The van der Waals surface area contributed by atoms with E-state index in [2.05, 4.69) is 9.88 Å². The van der Waals surface area contributed by atoms with Crippen LogP contribution in [-0.4, -0.2) is 43.4 Å². The molecule has 2 heterocycles. The molecule has 1 aromatic rings. The number of rotatable bonds is 4. The zero-order valence-electron chi connectivity index (χ0n) is 16.3. The Morgan fingerprint density at radius 2 is 1.62 bits per heavy atom. The maximum absolute atomic E-state index is 12.5. The molecule has 1 aliphatic heterocycles. The Kier molecular flexibility index (Phi) is 5.92. The first kappa shape index (κ1) is 19.6. The Morgan fingerprint density at radius 1 is 1.00 bits per heavy atom. The second-order valence-corrected chi connectivity index (χ2v) is 11.2. The minimum atomic E-state index is -3.40. The largest absolute Gasteiger partial charge is 0.375 e. The Hall–Kier alpha value is -1.14. The normalized spacial score (nSPS) is 21.1. The number of aromatic nitrogens is 1. The third kappa shape index (κ3) is 4.39. The lowest BCUT2D eigenvalue weighted by molar-refractivity contribution is -0.0395. The molecule has 2 aliphatic rings. The summed E-state index contributed by atoms with van der Waals surface area (Å²) < 4.78 is 30.4. The van der Waals surface area contributed by atoms with E-state index < -0.39 is 14.6 Å². The highest BCUT2D eigenvalue weighted by molar-refractivity contribution is 7.92. The van der Waals surface area contributed by atoms with Crippen molar-refractivity contribution in [2.45, 2.75) is 87.7 Å². The summed E-state index contributed by atoms with van der Waals surface area (Å²) in [6.45, 7) is 6.98. The lowest BCUT2D eigenvalue weighted by Crippen LogP contribution is -2.39. The molecule has 1 saturated heterocycles. The number of pyridine rings is 1. The minimum absolute atomic E-state index is 0.157. The summed E-state index contributed by atoms with van der Waals surface area (Å²) >= 11 is 0. The van der Waals surface area contributed by atoms with Gasteiger partial charge >= 0.3 is 0 Å². The number of nitrogens with zero attached hydrogens (tertiary/aromatic N) is 2. The molecule has 1 saturated carbocycles. The molecule has 1 aliphatic carbocycles. The molecule has 0 bridgehead atoms. The van der Waals surface area contributed by atoms with Crippen LogP contribution in [0, 0.1) is 0 Å². The van der Waals surface area contributed by atoms with Gasteiger partial charge in [0.2, 0.25) is 0 Å². The molecule has 0 N–H and O–H groups in total. The summed E-state index contributed by atoms with van der Waals surface area (Å²) in [5, 5.41) is 0.157. The molecule has 2 fully saturated rings. The van der Waals surface area contributed by atoms with Crippen molar-refractivity contribution in [2.75, 3.05) is 18.0 Å². The van der Waals surface area contributed by atoms with Crippen LogP contribution in [0.3, 0.4) is 0 Å². The number of piperidine rings is 1. The predicted molar refractivity (Wildman–Crippen MR) is 104 cm³/mol. The van der Waals surface area contributed by atoms with Gasteiger partial charge < -0.3 is 9.64 Å². The summed E-state index contributed by atoms with van der Waals surface area (Å²) in [6.07, 6.45) is 11.0. The molecule has 1 aromatic heterocycles. The molecule has 0 atom stereocenters. The van der Waals surface area contributed by atoms with Crippen LogP contribution in [0.4, 0.5) is 5.69 Å². The van der Waals surface area contributed by atoms with E-state index in [1.807, 2.05) is 6.07 Å². The first-order valence-electron chi connectivity index (χ1n) is 9.88. The maximum Gasteiger partial charge on any atom is 0.200 e. The topological polar surface area (TPSA) is 59.5 Å². The molecule has 0 amide bonds. The summed E-state index contributed by atoms with van der Waals surface area (Å²) in [5.74, 6) is 0. The van der Waals surface area contributed by atoms with E-state index in [4.69, 9.17) is 4.74 Å². The highest BCUT2D eigenvalue weighted by Gasteiger charge is 2.32. The van der Waals surface area contributed by atoms with Crippen molar-refractivity contribution in [1.29, 1.82) is 0 Å². The van der Waals surface area contributed by atoms with Crippen molar-refractivity contribution in [3.8, 4) is 0 Å². The van der Waals surface area contributed by atoms with E-state index in [0.29, 0.717) is 12.2 Å². The molecule has 3 rings (SSSR count). The molecular weight excluding hydrogens is 348 g/mol. The number of ether oxygens (including phenoxy) is 1.